The average molecular weight is 482 g/mol. The number of nitrogens with zero attached hydrogens (tertiary/aromatic N) is 1. The molecule has 0 amide bonds. The Hall–Kier alpha value is -1.50. The van der Waals surface area contributed by atoms with Crippen molar-refractivity contribution in [3.05, 3.63) is 32.6 Å². The van der Waals surface area contributed by atoms with Gasteiger partial charge in [0.25, 0.3) is 11.4 Å². The highest BCUT2D eigenvalue weighted by molar-refractivity contribution is 7.60. The number of terminal acetylenes is 1. The van der Waals surface area contributed by atoms with Crippen LogP contribution in [-0.2, 0) is 28.3 Å². The van der Waals surface area contributed by atoms with Crippen molar-refractivity contribution in [2.45, 2.75) is 29.1 Å². The van der Waals surface area contributed by atoms with Crippen LogP contribution < -0.4 is 11.2 Å². The molecular weight excluding hydrogens is 466 g/mol. The molecule has 2 rings (SSSR count). The lowest BCUT2D eigenvalue weighted by molar-refractivity contribution is -0.239. The molecule has 0 saturated carbocycles. The van der Waals surface area contributed by atoms with Crippen LogP contribution in [0.25, 0.3) is 0 Å². The fourth-order valence-corrected chi connectivity index (χ4v) is 4.90. The van der Waals surface area contributed by atoms with Crippen molar-refractivity contribution in [1.82, 2.24) is 9.55 Å². The van der Waals surface area contributed by atoms with Gasteiger partial charge in [-0.25, -0.2) is 18.3 Å². The van der Waals surface area contributed by atoms with Crippen LogP contribution in [-0.4, -0.2) is 81.4 Å². The molecule has 2 heterocycles. The fourth-order valence-electron chi connectivity index (χ4n) is 2.99. The number of aliphatic hydroxyl groups is 2. The molecule has 1 aliphatic heterocycles. The second kappa shape index (κ2) is 7.82. The summed E-state index contributed by atoms with van der Waals surface area (Å²) in [4.78, 5) is 52.6. The van der Waals surface area contributed by atoms with Crippen molar-refractivity contribution in [2.75, 3.05) is 0 Å². The summed E-state index contributed by atoms with van der Waals surface area (Å²) in [6.07, 6.45) is 1.12. The number of aromatic nitrogens is 2. The van der Waals surface area contributed by atoms with Gasteiger partial charge < -0.3 is 29.6 Å². The van der Waals surface area contributed by atoms with E-state index < -0.39 is 61.5 Å². The van der Waals surface area contributed by atoms with Crippen LogP contribution in [0.4, 0.5) is 4.39 Å². The van der Waals surface area contributed by atoms with E-state index in [1.165, 1.54) is 0 Å². The lowest BCUT2D eigenvalue weighted by atomic mass is 9.59. The highest BCUT2D eigenvalue weighted by Crippen LogP contribution is 2.61. The third-order valence-corrected chi connectivity index (χ3v) is 6.90. The SMILES string of the molecule is BC(B)(OP(=O)(O)OP(=O)(O)O)[C@@]1(F)O[C@@](B)(n2cc(C#C)c(=O)[nH]c2=O)[C@H](O)[C@@H]1O. The van der Waals surface area contributed by atoms with Gasteiger partial charge in [0.2, 0.25) is 0 Å². The van der Waals surface area contributed by atoms with Gasteiger partial charge in [-0.1, -0.05) is 5.92 Å². The van der Waals surface area contributed by atoms with Gasteiger partial charge in [-0.15, -0.1) is 6.42 Å². The number of nitrogens with one attached hydrogen (secondary N) is 1. The lowest BCUT2D eigenvalue weighted by Crippen LogP contribution is -2.60. The van der Waals surface area contributed by atoms with Crippen molar-refractivity contribution in [3.63, 3.8) is 0 Å². The third kappa shape index (κ3) is 4.67. The van der Waals surface area contributed by atoms with Crippen molar-refractivity contribution >= 4 is 39.2 Å². The molecule has 6 N–H and O–H groups in total. The summed E-state index contributed by atoms with van der Waals surface area (Å²) in [7, 11) is -8.79. The summed E-state index contributed by atoms with van der Waals surface area (Å²) >= 11 is 0. The number of hydrogen-bond donors (Lipinski definition) is 6. The summed E-state index contributed by atoms with van der Waals surface area (Å²) in [6, 6.07) is 0. The van der Waals surface area contributed by atoms with Gasteiger partial charge in [-0.05, 0) is 0 Å². The van der Waals surface area contributed by atoms with Crippen LogP contribution in [0.15, 0.2) is 15.8 Å². The van der Waals surface area contributed by atoms with Gasteiger partial charge in [0, 0.05) is 6.20 Å². The minimum atomic E-state index is -5.64. The van der Waals surface area contributed by atoms with Gasteiger partial charge in [0.1, 0.15) is 39.1 Å². The van der Waals surface area contributed by atoms with Crippen molar-refractivity contribution < 1.29 is 52.0 Å². The van der Waals surface area contributed by atoms with E-state index in [-0.39, 0.29) is 0 Å². The molecule has 1 unspecified atom stereocenters. The van der Waals surface area contributed by atoms with Crippen molar-refractivity contribution in [1.29, 1.82) is 0 Å². The summed E-state index contributed by atoms with van der Waals surface area (Å²) in [5, 5.41) is 18.1. The normalized spacial score (nSPS) is 31.1. The number of rotatable bonds is 6. The van der Waals surface area contributed by atoms with E-state index in [4.69, 9.17) is 20.9 Å². The van der Waals surface area contributed by atoms with Crippen LogP contribution in [0.1, 0.15) is 5.56 Å². The maximum Gasteiger partial charge on any atom is 0.480 e. The Bertz CT molecular complexity index is 1150. The Balaban J connectivity index is 2.55. The molecule has 0 aromatic carbocycles. The molecule has 1 aromatic heterocycles. The molecule has 5 atom stereocenters. The van der Waals surface area contributed by atoms with E-state index in [9.17, 15) is 33.8 Å². The van der Waals surface area contributed by atoms with Crippen molar-refractivity contribution in [3.8, 4) is 12.3 Å². The van der Waals surface area contributed by atoms with Gasteiger partial charge in [0.15, 0.2) is 7.85 Å². The van der Waals surface area contributed by atoms with Gasteiger partial charge in [-0.2, -0.15) is 4.31 Å². The Morgan fingerprint density at radius 2 is 1.84 bits per heavy atom. The molecule has 1 fully saturated rings. The number of halogens is 1. The highest BCUT2D eigenvalue weighted by Gasteiger charge is 2.69. The second-order valence-corrected chi connectivity index (χ2v) is 9.90. The van der Waals surface area contributed by atoms with Gasteiger partial charge in [-0.3, -0.25) is 18.9 Å². The summed E-state index contributed by atoms with van der Waals surface area (Å²) < 4.78 is 52.2. The zero-order valence-electron chi connectivity index (χ0n) is 16.1. The zero-order valence-corrected chi connectivity index (χ0v) is 17.9. The van der Waals surface area contributed by atoms with Crippen molar-refractivity contribution in [2.24, 2.45) is 0 Å². The summed E-state index contributed by atoms with van der Waals surface area (Å²) in [5.41, 5.74) is -5.02. The number of ether oxygens (including phenoxy) is 1. The Kier molecular flexibility index (Phi) is 6.50. The summed E-state index contributed by atoms with van der Waals surface area (Å²) in [5.74, 6) is -1.61. The standard InChI is InChI=1S/C11H16B3FN2O12P2/c1-2-4-3-17(8(21)16-7(4)20)10(12)6(19)5(18)9(15,27-10)11(13,14)28-31(25,26)29-30(22,23)24/h1,3,5-6,18-19H,12-14H2,(H,25,26)(H,16,20,21)(H2,22,23,24)/t5-,6+,9-,10-/m0/s1. The number of aromatic amines is 1. The van der Waals surface area contributed by atoms with E-state index in [1.54, 1.807) is 0 Å². The molecular formula is C11H16B3FN2O12P2. The van der Waals surface area contributed by atoms with E-state index in [1.807, 2.05) is 10.9 Å². The van der Waals surface area contributed by atoms with Crippen LogP contribution in [0.2, 0.25) is 0 Å². The first kappa shape index (κ1) is 25.8. The molecule has 1 aliphatic rings. The largest absolute Gasteiger partial charge is 0.480 e. The minimum Gasteiger partial charge on any atom is -0.386 e. The first-order valence-electron chi connectivity index (χ1n) is 8.18. The quantitative estimate of drug-likeness (QED) is 0.127. The number of phosphoric ester groups is 1. The average Bonchev–Trinajstić information content (AvgIpc) is 2.74. The van der Waals surface area contributed by atoms with Gasteiger partial charge >= 0.3 is 21.3 Å². The Morgan fingerprint density at radius 3 is 2.32 bits per heavy atom. The lowest BCUT2D eigenvalue weighted by Gasteiger charge is -2.40. The predicted molar refractivity (Wildman–Crippen MR) is 107 cm³/mol. The topological polar surface area (TPSA) is 218 Å². The van der Waals surface area contributed by atoms with Crippen LogP contribution in [0, 0.1) is 12.3 Å². The number of aliphatic hydroxyl groups excluding tert-OH is 2. The molecule has 0 spiro atoms. The van der Waals surface area contributed by atoms with Crippen LogP contribution >= 0.6 is 15.6 Å². The molecule has 1 saturated heterocycles. The predicted octanol–water partition coefficient (Wildman–Crippen LogP) is -5.67. The Morgan fingerprint density at radius 1 is 1.29 bits per heavy atom. The van der Waals surface area contributed by atoms with Gasteiger partial charge in [0.05, 0.1) is 5.40 Å². The number of alkyl halides is 1. The molecule has 14 nitrogen and oxygen atoms in total. The molecule has 1 aromatic rings. The Labute approximate surface area is 175 Å². The van der Waals surface area contributed by atoms with E-state index in [0.29, 0.717) is 4.57 Å². The number of phosphoric acid groups is 2. The first-order chi connectivity index (χ1) is 13.8. The smallest absolute Gasteiger partial charge is 0.386 e. The fraction of sp³-hybridized carbons (Fsp3) is 0.455. The number of H-pyrrole nitrogens is 1. The van der Waals surface area contributed by atoms with Crippen LogP contribution in [0.5, 0.6) is 0 Å². The molecule has 0 bridgehead atoms. The van der Waals surface area contributed by atoms with E-state index in [0.717, 1.165) is 29.7 Å². The van der Waals surface area contributed by atoms with Crippen LogP contribution in [0.3, 0.4) is 0 Å². The first-order valence-corrected chi connectivity index (χ1v) is 11.2. The molecule has 168 valence electrons. The maximum absolute atomic E-state index is 15.8. The molecule has 0 radical (unpaired) electrons. The maximum atomic E-state index is 15.8. The van der Waals surface area contributed by atoms with E-state index in [2.05, 4.69) is 8.83 Å². The highest BCUT2D eigenvalue weighted by atomic mass is 31.3. The third-order valence-electron chi connectivity index (χ3n) is 4.53. The number of hydrogen-bond acceptors (Lipinski definition) is 9. The monoisotopic (exact) mass is 482 g/mol. The molecule has 0 aliphatic carbocycles. The van der Waals surface area contributed by atoms with E-state index >= 15 is 4.39 Å². The molecule has 31 heavy (non-hydrogen) atoms. The molecule has 20 heteroatoms. The second-order valence-electron chi connectivity index (χ2n) is 7.15. The zero-order chi connectivity index (χ0) is 24.2. The summed E-state index contributed by atoms with van der Waals surface area (Å²) in [6.45, 7) is 0. The minimum absolute atomic E-state index is 0.409.